The summed E-state index contributed by atoms with van der Waals surface area (Å²) in [5.41, 5.74) is 5.75. The van der Waals surface area contributed by atoms with Crippen molar-refractivity contribution in [1.29, 1.82) is 0 Å². The molecule has 0 N–H and O–H groups in total. The summed E-state index contributed by atoms with van der Waals surface area (Å²) in [5.74, 6) is 3.53. The van der Waals surface area contributed by atoms with E-state index in [-0.39, 0.29) is 16.2 Å². The predicted molar refractivity (Wildman–Crippen MR) is 142 cm³/mol. The molecule has 2 aliphatic rings. The molecule has 0 aromatic heterocycles. The van der Waals surface area contributed by atoms with E-state index in [1.165, 1.54) is 22.3 Å². The van der Waals surface area contributed by atoms with Crippen LogP contribution in [-0.4, -0.2) is 0 Å². The zero-order valence-electron chi connectivity index (χ0n) is 21.0. The Bertz CT molecular complexity index is 1270. The maximum absolute atomic E-state index is 6.29. The number of rotatable bonds is 4. The topological polar surface area (TPSA) is 18.5 Å². The van der Waals surface area contributed by atoms with Crippen LogP contribution >= 0.6 is 0 Å². The number of benzene rings is 4. The Morgan fingerprint density at radius 1 is 0.457 bits per heavy atom. The number of hydrogen-bond donors (Lipinski definition) is 0. The first-order valence-electron chi connectivity index (χ1n) is 12.5. The second-order valence-corrected chi connectivity index (χ2v) is 11.4. The average molecular weight is 461 g/mol. The lowest BCUT2D eigenvalue weighted by Gasteiger charge is -2.30. The summed E-state index contributed by atoms with van der Waals surface area (Å²) in [6, 6.07) is 33.5. The molecule has 6 rings (SSSR count). The van der Waals surface area contributed by atoms with Crippen molar-refractivity contribution < 1.29 is 9.47 Å². The summed E-state index contributed by atoms with van der Waals surface area (Å²) < 4.78 is 12.6. The highest BCUT2D eigenvalue weighted by Crippen LogP contribution is 2.63. The quantitative estimate of drug-likeness (QED) is 0.303. The van der Waals surface area contributed by atoms with E-state index in [0.717, 1.165) is 35.8 Å². The number of hydrogen-bond acceptors (Lipinski definition) is 2. The Kier molecular flexibility index (Phi) is 4.86. The van der Waals surface area contributed by atoms with Gasteiger partial charge in [0.05, 0.1) is 0 Å². The first kappa shape index (κ1) is 22.0. The SMILES string of the molecule is CC1(C)CC2(CC(C)(C)c3ccc(Oc4ccccc4)cc32)c2cc(Oc3ccccc3)ccc21. The van der Waals surface area contributed by atoms with Gasteiger partial charge in [-0.3, -0.25) is 0 Å². The van der Waals surface area contributed by atoms with E-state index in [1.807, 2.05) is 60.7 Å². The van der Waals surface area contributed by atoms with E-state index in [2.05, 4.69) is 64.1 Å². The molecule has 4 aromatic rings. The number of fused-ring (bicyclic) bond motifs is 4. The summed E-state index contributed by atoms with van der Waals surface area (Å²) in [7, 11) is 0. The van der Waals surface area contributed by atoms with Gasteiger partial charge in [-0.15, -0.1) is 0 Å². The molecule has 2 aliphatic carbocycles. The van der Waals surface area contributed by atoms with Gasteiger partial charge >= 0.3 is 0 Å². The van der Waals surface area contributed by atoms with Gasteiger partial charge in [0.1, 0.15) is 23.0 Å². The third kappa shape index (κ3) is 3.63. The molecule has 176 valence electrons. The second-order valence-electron chi connectivity index (χ2n) is 11.4. The highest BCUT2D eigenvalue weighted by Gasteiger charge is 2.56. The standard InChI is InChI=1S/C33H32O2/c1-31(2)21-33(29-19-25(15-17-27(29)31)34-23-11-7-5-8-12-23)22-32(3,4)28-18-16-26(20-30(28)33)35-24-13-9-6-10-14-24/h5-20H,21-22H2,1-4H3. The number of para-hydroxylation sites is 2. The summed E-state index contributed by atoms with van der Waals surface area (Å²) in [5, 5.41) is 0. The molecule has 1 spiro atoms. The van der Waals surface area contributed by atoms with E-state index in [9.17, 15) is 0 Å². The fraction of sp³-hybridized carbons (Fsp3) is 0.273. The minimum Gasteiger partial charge on any atom is -0.457 e. The summed E-state index contributed by atoms with van der Waals surface area (Å²) in [4.78, 5) is 0. The molecule has 0 saturated heterocycles. The highest BCUT2D eigenvalue weighted by atomic mass is 16.5. The van der Waals surface area contributed by atoms with Crippen molar-refractivity contribution in [3.05, 3.63) is 119 Å². The molecule has 0 heterocycles. The highest BCUT2D eigenvalue weighted by molar-refractivity contribution is 5.62. The lowest BCUT2D eigenvalue weighted by molar-refractivity contribution is 0.349. The summed E-state index contributed by atoms with van der Waals surface area (Å²) >= 11 is 0. The van der Waals surface area contributed by atoms with Crippen molar-refractivity contribution in [2.75, 3.05) is 0 Å². The van der Waals surface area contributed by atoms with E-state index in [4.69, 9.17) is 9.47 Å². The van der Waals surface area contributed by atoms with Crippen LogP contribution in [0.15, 0.2) is 97.1 Å². The van der Waals surface area contributed by atoms with Crippen LogP contribution in [0.25, 0.3) is 0 Å². The van der Waals surface area contributed by atoms with Crippen molar-refractivity contribution in [1.82, 2.24) is 0 Å². The lowest BCUT2D eigenvalue weighted by Crippen LogP contribution is -2.27. The molecule has 0 radical (unpaired) electrons. The summed E-state index contributed by atoms with van der Waals surface area (Å²) in [6.45, 7) is 9.53. The molecule has 2 nitrogen and oxygen atoms in total. The van der Waals surface area contributed by atoms with Crippen LogP contribution in [0.1, 0.15) is 62.8 Å². The van der Waals surface area contributed by atoms with Gasteiger partial charge in [0.15, 0.2) is 0 Å². The largest absolute Gasteiger partial charge is 0.457 e. The molecule has 0 bridgehead atoms. The molecule has 0 unspecified atom stereocenters. The Morgan fingerprint density at radius 2 is 0.857 bits per heavy atom. The van der Waals surface area contributed by atoms with E-state index in [1.54, 1.807) is 0 Å². The zero-order valence-corrected chi connectivity index (χ0v) is 21.0. The third-order valence-corrected chi connectivity index (χ3v) is 7.92. The normalized spacial score (nSPS) is 18.2. The van der Waals surface area contributed by atoms with Gasteiger partial charge in [-0.1, -0.05) is 76.2 Å². The van der Waals surface area contributed by atoms with Gasteiger partial charge in [-0.2, -0.15) is 0 Å². The van der Waals surface area contributed by atoms with Crippen LogP contribution in [-0.2, 0) is 16.2 Å². The van der Waals surface area contributed by atoms with Crippen molar-refractivity contribution >= 4 is 0 Å². The van der Waals surface area contributed by atoms with Crippen LogP contribution in [0.3, 0.4) is 0 Å². The van der Waals surface area contributed by atoms with Crippen molar-refractivity contribution in [2.24, 2.45) is 0 Å². The molecule has 0 saturated carbocycles. The molecule has 0 fully saturated rings. The molecule has 0 aliphatic heterocycles. The van der Waals surface area contributed by atoms with E-state index in [0.29, 0.717) is 0 Å². The average Bonchev–Trinajstić information content (AvgIpc) is 3.20. The molecular weight excluding hydrogens is 428 g/mol. The lowest BCUT2D eigenvalue weighted by atomic mass is 9.72. The van der Waals surface area contributed by atoms with Crippen LogP contribution in [0.2, 0.25) is 0 Å². The van der Waals surface area contributed by atoms with Gasteiger partial charge in [-0.05, 0) is 94.5 Å². The van der Waals surface area contributed by atoms with Gasteiger partial charge in [-0.25, -0.2) is 0 Å². The maximum Gasteiger partial charge on any atom is 0.127 e. The third-order valence-electron chi connectivity index (χ3n) is 7.92. The van der Waals surface area contributed by atoms with Crippen LogP contribution in [0.5, 0.6) is 23.0 Å². The first-order chi connectivity index (χ1) is 16.8. The second kappa shape index (κ2) is 7.75. The minimum absolute atomic E-state index is 0.0657. The van der Waals surface area contributed by atoms with Gasteiger partial charge < -0.3 is 9.47 Å². The van der Waals surface area contributed by atoms with E-state index >= 15 is 0 Å². The number of ether oxygens (including phenoxy) is 2. The van der Waals surface area contributed by atoms with Crippen LogP contribution < -0.4 is 9.47 Å². The monoisotopic (exact) mass is 460 g/mol. The predicted octanol–water partition coefficient (Wildman–Crippen LogP) is 8.92. The Labute approximate surface area is 208 Å². The van der Waals surface area contributed by atoms with Crippen LogP contribution in [0, 0.1) is 0 Å². The maximum atomic E-state index is 6.29. The molecule has 2 heteroatoms. The Balaban J connectivity index is 1.48. The Morgan fingerprint density at radius 3 is 1.26 bits per heavy atom. The van der Waals surface area contributed by atoms with Crippen molar-refractivity contribution in [2.45, 2.75) is 56.8 Å². The van der Waals surface area contributed by atoms with Crippen LogP contribution in [0.4, 0.5) is 0 Å². The minimum atomic E-state index is -0.0657. The molecular formula is C33H32O2. The van der Waals surface area contributed by atoms with Crippen molar-refractivity contribution in [3.63, 3.8) is 0 Å². The van der Waals surface area contributed by atoms with Gasteiger partial charge in [0.25, 0.3) is 0 Å². The first-order valence-corrected chi connectivity index (χ1v) is 12.5. The smallest absolute Gasteiger partial charge is 0.127 e. The Hall–Kier alpha value is -3.52. The molecule has 4 aromatic carbocycles. The fourth-order valence-corrected chi connectivity index (χ4v) is 6.68. The van der Waals surface area contributed by atoms with E-state index < -0.39 is 0 Å². The zero-order chi connectivity index (χ0) is 24.3. The van der Waals surface area contributed by atoms with Gasteiger partial charge in [0.2, 0.25) is 0 Å². The van der Waals surface area contributed by atoms with Gasteiger partial charge in [0, 0.05) is 5.41 Å². The van der Waals surface area contributed by atoms with Crippen molar-refractivity contribution in [3.8, 4) is 23.0 Å². The molecule has 0 amide bonds. The molecule has 35 heavy (non-hydrogen) atoms. The molecule has 0 atom stereocenters. The summed E-state index contributed by atoms with van der Waals surface area (Å²) in [6.07, 6.45) is 2.16. The fourth-order valence-electron chi connectivity index (χ4n) is 6.68.